The number of benzene rings is 2. The average molecular weight is 373 g/mol. The molecule has 1 aromatic heterocycles. The molecule has 0 unspecified atom stereocenters. The van der Waals surface area contributed by atoms with E-state index in [1.807, 2.05) is 24.3 Å². The third kappa shape index (κ3) is 4.43. The first kappa shape index (κ1) is 18.9. The summed E-state index contributed by atoms with van der Waals surface area (Å²) in [5.74, 6) is 1.35. The van der Waals surface area contributed by atoms with Crippen LogP contribution in [-0.2, 0) is 6.54 Å². The normalized spacial score (nSPS) is 10.0. The molecule has 1 amide bonds. The fourth-order valence-electron chi connectivity index (χ4n) is 2.69. The number of aromatic nitrogens is 2. The van der Waals surface area contributed by atoms with Crippen molar-refractivity contribution in [2.75, 3.05) is 17.7 Å². The van der Waals surface area contributed by atoms with Gasteiger partial charge in [0, 0.05) is 18.2 Å². The largest absolute Gasteiger partial charge is 0.496 e. The number of nitriles is 1. The number of ether oxygens (including phenoxy) is 1. The minimum Gasteiger partial charge on any atom is -0.496 e. The van der Waals surface area contributed by atoms with E-state index in [2.05, 4.69) is 26.7 Å². The lowest BCUT2D eigenvalue weighted by Crippen LogP contribution is -2.16. The number of hydrogen-bond donors (Lipinski definition) is 2. The number of rotatable bonds is 6. The minimum absolute atomic E-state index is 0.211. The smallest absolute Gasteiger partial charge is 0.274 e. The van der Waals surface area contributed by atoms with E-state index < -0.39 is 5.91 Å². The van der Waals surface area contributed by atoms with Crippen LogP contribution in [0.1, 0.15) is 27.4 Å². The van der Waals surface area contributed by atoms with Crippen molar-refractivity contribution >= 4 is 17.4 Å². The molecule has 2 N–H and O–H groups in total. The van der Waals surface area contributed by atoms with Crippen molar-refractivity contribution in [2.45, 2.75) is 13.5 Å². The third-order valence-corrected chi connectivity index (χ3v) is 4.02. The molecule has 0 aliphatic rings. The van der Waals surface area contributed by atoms with Crippen LogP contribution in [0.25, 0.3) is 0 Å². The number of para-hydroxylation sites is 2. The second-order valence-corrected chi connectivity index (χ2v) is 5.96. The summed E-state index contributed by atoms with van der Waals surface area (Å²) in [4.78, 5) is 21.1. The van der Waals surface area contributed by atoms with E-state index in [4.69, 9.17) is 10.00 Å². The highest BCUT2D eigenvalue weighted by Gasteiger charge is 2.13. The van der Waals surface area contributed by atoms with Crippen molar-refractivity contribution in [2.24, 2.45) is 0 Å². The minimum atomic E-state index is -0.409. The maximum Gasteiger partial charge on any atom is 0.274 e. The molecule has 7 heteroatoms. The average Bonchev–Trinajstić information content (AvgIpc) is 2.72. The maximum absolute atomic E-state index is 12.6. The lowest BCUT2D eigenvalue weighted by molar-refractivity contribution is 0.102. The number of amides is 1. The van der Waals surface area contributed by atoms with Crippen molar-refractivity contribution in [1.29, 1.82) is 5.26 Å². The molecule has 28 heavy (non-hydrogen) atoms. The van der Waals surface area contributed by atoms with Gasteiger partial charge in [-0.25, -0.2) is 9.97 Å². The number of anilines is 2. The van der Waals surface area contributed by atoms with Gasteiger partial charge in [0.1, 0.15) is 29.2 Å². The van der Waals surface area contributed by atoms with Crippen LogP contribution >= 0.6 is 0 Å². The summed E-state index contributed by atoms with van der Waals surface area (Å²) in [5, 5.41) is 15.1. The van der Waals surface area contributed by atoms with Crippen LogP contribution in [0.2, 0.25) is 0 Å². The third-order valence-electron chi connectivity index (χ3n) is 4.02. The van der Waals surface area contributed by atoms with Crippen LogP contribution < -0.4 is 15.4 Å². The van der Waals surface area contributed by atoms with E-state index in [-0.39, 0.29) is 5.69 Å². The molecule has 3 rings (SSSR count). The van der Waals surface area contributed by atoms with Crippen molar-refractivity contribution in [1.82, 2.24) is 9.97 Å². The zero-order valence-electron chi connectivity index (χ0n) is 15.6. The van der Waals surface area contributed by atoms with E-state index in [0.717, 1.165) is 11.3 Å². The van der Waals surface area contributed by atoms with Gasteiger partial charge >= 0.3 is 0 Å². The van der Waals surface area contributed by atoms with Gasteiger partial charge in [-0.15, -0.1) is 0 Å². The fourth-order valence-corrected chi connectivity index (χ4v) is 2.69. The highest BCUT2D eigenvalue weighted by atomic mass is 16.5. The Bertz CT molecular complexity index is 1040. The number of aryl methyl sites for hydroxylation is 1. The quantitative estimate of drug-likeness (QED) is 0.686. The van der Waals surface area contributed by atoms with Gasteiger partial charge in [-0.2, -0.15) is 5.26 Å². The number of nitrogens with one attached hydrogen (secondary N) is 2. The highest BCUT2D eigenvalue weighted by Crippen LogP contribution is 2.19. The summed E-state index contributed by atoms with van der Waals surface area (Å²) in [5.41, 5.74) is 2.00. The van der Waals surface area contributed by atoms with Crippen molar-refractivity contribution in [3.63, 3.8) is 0 Å². The van der Waals surface area contributed by atoms with Crippen LogP contribution in [0.4, 0.5) is 11.5 Å². The highest BCUT2D eigenvalue weighted by molar-refractivity contribution is 6.03. The van der Waals surface area contributed by atoms with E-state index >= 15 is 0 Å². The zero-order chi connectivity index (χ0) is 19.9. The molecule has 0 fully saturated rings. The van der Waals surface area contributed by atoms with E-state index in [1.165, 1.54) is 0 Å². The molecule has 0 bridgehead atoms. The Hall–Kier alpha value is -3.92. The van der Waals surface area contributed by atoms with Gasteiger partial charge in [0.25, 0.3) is 5.91 Å². The standard InChI is InChI=1S/C21H19N5O2/c1-14-24-18(21(27)26-17-9-5-3-7-15(17)12-22)11-20(25-14)23-13-16-8-4-6-10-19(16)28-2/h3-11H,13H2,1-2H3,(H,26,27)(H,23,24,25). The molecule has 140 valence electrons. The maximum atomic E-state index is 12.6. The predicted octanol–water partition coefficient (Wildman–Crippen LogP) is 3.53. The number of hydrogen-bond acceptors (Lipinski definition) is 6. The summed E-state index contributed by atoms with van der Waals surface area (Å²) >= 11 is 0. The SMILES string of the molecule is COc1ccccc1CNc1cc(C(=O)Nc2ccccc2C#N)nc(C)n1. The molecule has 1 heterocycles. The lowest BCUT2D eigenvalue weighted by Gasteiger charge is -2.11. The van der Waals surface area contributed by atoms with Crippen LogP contribution in [-0.4, -0.2) is 23.0 Å². The molecular weight excluding hydrogens is 354 g/mol. The Morgan fingerprint density at radius 3 is 2.68 bits per heavy atom. The Morgan fingerprint density at radius 1 is 1.14 bits per heavy atom. The first-order chi connectivity index (χ1) is 13.6. The van der Waals surface area contributed by atoms with Crippen LogP contribution in [0.3, 0.4) is 0 Å². The van der Waals surface area contributed by atoms with Gasteiger partial charge in [-0.1, -0.05) is 30.3 Å². The molecule has 0 aliphatic heterocycles. The molecule has 0 radical (unpaired) electrons. The van der Waals surface area contributed by atoms with Gasteiger partial charge in [0.15, 0.2) is 0 Å². The molecule has 7 nitrogen and oxygen atoms in total. The van der Waals surface area contributed by atoms with Crippen molar-refractivity contribution < 1.29 is 9.53 Å². The van der Waals surface area contributed by atoms with Crippen molar-refractivity contribution in [3.05, 3.63) is 77.2 Å². The zero-order valence-corrected chi connectivity index (χ0v) is 15.6. The first-order valence-electron chi connectivity index (χ1n) is 8.62. The Labute approximate surface area is 163 Å². The molecule has 3 aromatic rings. The van der Waals surface area contributed by atoms with Gasteiger partial charge in [0.05, 0.1) is 18.4 Å². The Balaban J connectivity index is 1.77. The van der Waals surface area contributed by atoms with Gasteiger partial charge in [0.2, 0.25) is 0 Å². The van der Waals surface area contributed by atoms with Crippen LogP contribution in [0, 0.1) is 18.3 Å². The molecule has 0 atom stereocenters. The van der Waals surface area contributed by atoms with Crippen molar-refractivity contribution in [3.8, 4) is 11.8 Å². The number of methoxy groups -OCH3 is 1. The summed E-state index contributed by atoms with van der Waals surface area (Å²) in [7, 11) is 1.62. The number of carbonyl (C=O) groups excluding carboxylic acids is 1. The number of carbonyl (C=O) groups is 1. The van der Waals surface area contributed by atoms with E-state index in [9.17, 15) is 4.79 Å². The van der Waals surface area contributed by atoms with E-state index in [1.54, 1.807) is 44.4 Å². The molecular formula is C21H19N5O2. The second-order valence-electron chi connectivity index (χ2n) is 5.96. The lowest BCUT2D eigenvalue weighted by atomic mass is 10.2. The predicted molar refractivity (Wildman–Crippen MR) is 106 cm³/mol. The van der Waals surface area contributed by atoms with Gasteiger partial charge in [-0.3, -0.25) is 4.79 Å². The summed E-state index contributed by atoms with van der Waals surface area (Å²) in [6.07, 6.45) is 0. The Kier molecular flexibility index (Phi) is 5.82. The van der Waals surface area contributed by atoms with Crippen LogP contribution in [0.5, 0.6) is 5.75 Å². The Morgan fingerprint density at radius 2 is 1.89 bits per heavy atom. The van der Waals surface area contributed by atoms with Gasteiger partial charge < -0.3 is 15.4 Å². The molecule has 0 spiro atoms. The monoisotopic (exact) mass is 373 g/mol. The summed E-state index contributed by atoms with van der Waals surface area (Å²) < 4.78 is 5.34. The summed E-state index contributed by atoms with van der Waals surface area (Å²) in [6, 6.07) is 18.1. The topological polar surface area (TPSA) is 99.9 Å². The first-order valence-corrected chi connectivity index (χ1v) is 8.62. The summed E-state index contributed by atoms with van der Waals surface area (Å²) in [6.45, 7) is 2.20. The molecule has 2 aromatic carbocycles. The molecule has 0 aliphatic carbocycles. The fraction of sp³-hybridized carbons (Fsp3) is 0.143. The van der Waals surface area contributed by atoms with E-state index in [0.29, 0.717) is 29.4 Å². The second kappa shape index (κ2) is 8.64. The van der Waals surface area contributed by atoms with Crippen LogP contribution in [0.15, 0.2) is 54.6 Å². The number of nitrogens with zero attached hydrogens (tertiary/aromatic N) is 3. The molecule has 0 saturated carbocycles. The van der Waals surface area contributed by atoms with Gasteiger partial charge in [-0.05, 0) is 25.1 Å². The molecule has 0 saturated heterocycles.